The fourth-order valence-corrected chi connectivity index (χ4v) is 2.10. The first-order valence-corrected chi connectivity index (χ1v) is 6.52. The third kappa shape index (κ3) is 1.65. The Bertz CT molecular complexity index is 326. The number of nitrogens with zero attached hydrogens (tertiary/aromatic N) is 2. The lowest BCUT2D eigenvalue weighted by Gasteiger charge is -2.04. The van der Waals surface area contributed by atoms with Gasteiger partial charge in [0.25, 0.3) is 0 Å². The summed E-state index contributed by atoms with van der Waals surface area (Å²) in [6, 6.07) is 2.17. The predicted octanol–water partition coefficient (Wildman–Crippen LogP) is 2.95. The highest BCUT2D eigenvalue weighted by molar-refractivity contribution is 7.98. The van der Waals surface area contributed by atoms with Crippen LogP contribution in [0.3, 0.4) is 0 Å². The van der Waals surface area contributed by atoms with E-state index in [9.17, 15) is 0 Å². The van der Waals surface area contributed by atoms with E-state index in [2.05, 4.69) is 22.3 Å². The molecular weight excluding hydrogens is 192 g/mol. The maximum atomic E-state index is 4.68. The van der Waals surface area contributed by atoms with Crippen LogP contribution in [0.15, 0.2) is 11.1 Å². The van der Waals surface area contributed by atoms with E-state index in [-0.39, 0.29) is 0 Å². The molecule has 0 N–H and O–H groups in total. The average Bonchev–Trinajstić information content (AvgIpc) is 3.07. The molecule has 0 spiro atoms. The average molecular weight is 206 g/mol. The van der Waals surface area contributed by atoms with Crippen molar-refractivity contribution in [2.24, 2.45) is 0 Å². The largest absolute Gasteiger partial charge is 0.237 e. The van der Waals surface area contributed by atoms with Crippen molar-refractivity contribution < 1.29 is 0 Å². The number of aromatic nitrogens is 2. The van der Waals surface area contributed by atoms with Gasteiger partial charge in [-0.3, -0.25) is 0 Å². The standard InChI is InChI=1S/C11H14N2S/c1-14-10-6-9(7-2-3-7)12-11(13-10)8-4-5-8/h6-8H,2-5H2,1H3. The van der Waals surface area contributed by atoms with E-state index in [1.54, 1.807) is 11.8 Å². The second-order valence-electron chi connectivity index (χ2n) is 4.24. The van der Waals surface area contributed by atoms with E-state index in [1.165, 1.54) is 31.4 Å². The monoisotopic (exact) mass is 206 g/mol. The molecule has 2 aliphatic carbocycles. The fourth-order valence-electron chi connectivity index (χ4n) is 1.68. The van der Waals surface area contributed by atoms with Gasteiger partial charge in [-0.15, -0.1) is 11.8 Å². The third-order valence-corrected chi connectivity index (χ3v) is 3.51. The van der Waals surface area contributed by atoms with Crippen LogP contribution in [0, 0.1) is 0 Å². The van der Waals surface area contributed by atoms with Crippen LogP contribution in [-0.4, -0.2) is 16.2 Å². The lowest BCUT2D eigenvalue weighted by atomic mass is 10.2. The van der Waals surface area contributed by atoms with Crippen molar-refractivity contribution in [3.8, 4) is 0 Å². The summed E-state index contributed by atoms with van der Waals surface area (Å²) in [6.45, 7) is 0. The van der Waals surface area contributed by atoms with Crippen LogP contribution in [0.1, 0.15) is 49.0 Å². The number of hydrogen-bond donors (Lipinski definition) is 0. The summed E-state index contributed by atoms with van der Waals surface area (Å²) < 4.78 is 0. The minimum Gasteiger partial charge on any atom is -0.237 e. The summed E-state index contributed by atoms with van der Waals surface area (Å²) in [5.74, 6) is 2.54. The SMILES string of the molecule is CSc1cc(C2CC2)nc(C2CC2)n1. The van der Waals surface area contributed by atoms with Crippen LogP contribution in [0.2, 0.25) is 0 Å². The maximum absolute atomic E-state index is 4.68. The second kappa shape index (κ2) is 3.23. The fraction of sp³-hybridized carbons (Fsp3) is 0.636. The molecule has 3 heteroatoms. The summed E-state index contributed by atoms with van der Waals surface area (Å²) in [6.07, 6.45) is 7.34. The Labute approximate surface area is 88.5 Å². The molecule has 1 aromatic rings. The highest BCUT2D eigenvalue weighted by atomic mass is 32.2. The molecule has 0 aliphatic heterocycles. The van der Waals surface area contributed by atoms with Gasteiger partial charge in [-0.05, 0) is 38.0 Å². The minimum atomic E-state index is 0.680. The Morgan fingerprint density at radius 1 is 1.14 bits per heavy atom. The summed E-state index contributed by atoms with van der Waals surface area (Å²) in [4.78, 5) is 9.26. The van der Waals surface area contributed by atoms with Crippen LogP contribution >= 0.6 is 11.8 Å². The van der Waals surface area contributed by atoms with Crippen molar-refractivity contribution >= 4 is 11.8 Å². The molecule has 74 valence electrons. The van der Waals surface area contributed by atoms with Gasteiger partial charge in [-0.25, -0.2) is 9.97 Å². The molecular formula is C11H14N2S. The molecule has 2 saturated carbocycles. The number of hydrogen-bond acceptors (Lipinski definition) is 3. The molecule has 3 rings (SSSR count). The lowest BCUT2D eigenvalue weighted by molar-refractivity contribution is 0.832. The van der Waals surface area contributed by atoms with E-state index in [1.807, 2.05) is 0 Å². The van der Waals surface area contributed by atoms with E-state index in [0.29, 0.717) is 5.92 Å². The van der Waals surface area contributed by atoms with Crippen molar-refractivity contribution in [3.05, 3.63) is 17.6 Å². The molecule has 0 aromatic carbocycles. The Morgan fingerprint density at radius 3 is 2.43 bits per heavy atom. The van der Waals surface area contributed by atoms with Crippen molar-refractivity contribution in [3.63, 3.8) is 0 Å². The molecule has 0 unspecified atom stereocenters. The normalized spacial score (nSPS) is 21.2. The summed E-state index contributed by atoms with van der Waals surface area (Å²) in [7, 11) is 0. The molecule has 0 amide bonds. The predicted molar refractivity (Wildman–Crippen MR) is 57.8 cm³/mol. The quantitative estimate of drug-likeness (QED) is 0.561. The second-order valence-corrected chi connectivity index (χ2v) is 5.07. The molecule has 0 saturated heterocycles. The summed E-state index contributed by atoms with van der Waals surface area (Å²) in [5.41, 5.74) is 1.30. The molecule has 14 heavy (non-hydrogen) atoms. The Hall–Kier alpha value is -0.570. The first-order valence-electron chi connectivity index (χ1n) is 5.29. The molecule has 2 fully saturated rings. The van der Waals surface area contributed by atoms with Crippen molar-refractivity contribution in [1.82, 2.24) is 9.97 Å². The minimum absolute atomic E-state index is 0.680. The van der Waals surface area contributed by atoms with Gasteiger partial charge in [-0.1, -0.05) is 0 Å². The summed E-state index contributed by atoms with van der Waals surface area (Å²) >= 11 is 1.74. The van der Waals surface area contributed by atoms with Crippen LogP contribution in [0.5, 0.6) is 0 Å². The van der Waals surface area contributed by atoms with Gasteiger partial charge < -0.3 is 0 Å². The van der Waals surface area contributed by atoms with Gasteiger partial charge in [-0.2, -0.15) is 0 Å². The van der Waals surface area contributed by atoms with Gasteiger partial charge in [0.2, 0.25) is 0 Å². The number of thioether (sulfide) groups is 1. The van der Waals surface area contributed by atoms with Crippen LogP contribution in [-0.2, 0) is 0 Å². The molecule has 0 bridgehead atoms. The third-order valence-electron chi connectivity index (χ3n) is 2.89. The first kappa shape index (κ1) is 8.72. The molecule has 1 heterocycles. The Balaban J connectivity index is 1.97. The molecule has 2 aliphatic rings. The zero-order valence-electron chi connectivity index (χ0n) is 8.36. The van der Waals surface area contributed by atoms with E-state index >= 15 is 0 Å². The van der Waals surface area contributed by atoms with Crippen molar-refractivity contribution in [2.45, 2.75) is 42.5 Å². The lowest BCUT2D eigenvalue weighted by Crippen LogP contribution is -1.98. The van der Waals surface area contributed by atoms with Gasteiger partial charge in [0, 0.05) is 17.5 Å². The van der Waals surface area contributed by atoms with Crippen LogP contribution in [0.25, 0.3) is 0 Å². The topological polar surface area (TPSA) is 25.8 Å². The number of rotatable bonds is 3. The molecule has 0 radical (unpaired) electrons. The van der Waals surface area contributed by atoms with E-state index < -0.39 is 0 Å². The first-order chi connectivity index (χ1) is 6.86. The molecule has 1 aromatic heterocycles. The van der Waals surface area contributed by atoms with E-state index in [4.69, 9.17) is 0 Å². The van der Waals surface area contributed by atoms with E-state index in [0.717, 1.165) is 16.8 Å². The van der Waals surface area contributed by atoms with Crippen molar-refractivity contribution in [2.75, 3.05) is 6.26 Å². The highest BCUT2D eigenvalue weighted by Crippen LogP contribution is 2.43. The molecule has 2 nitrogen and oxygen atoms in total. The maximum Gasteiger partial charge on any atom is 0.132 e. The molecule has 0 atom stereocenters. The zero-order chi connectivity index (χ0) is 9.54. The zero-order valence-corrected chi connectivity index (χ0v) is 9.18. The van der Waals surface area contributed by atoms with Gasteiger partial charge in [0.1, 0.15) is 5.82 Å². The Morgan fingerprint density at radius 2 is 1.86 bits per heavy atom. The van der Waals surface area contributed by atoms with Gasteiger partial charge in [0.15, 0.2) is 0 Å². The van der Waals surface area contributed by atoms with Gasteiger partial charge >= 0.3 is 0 Å². The highest BCUT2D eigenvalue weighted by Gasteiger charge is 2.30. The van der Waals surface area contributed by atoms with Crippen LogP contribution < -0.4 is 0 Å². The van der Waals surface area contributed by atoms with Crippen LogP contribution in [0.4, 0.5) is 0 Å². The summed E-state index contributed by atoms with van der Waals surface area (Å²) in [5, 5.41) is 1.16. The van der Waals surface area contributed by atoms with Gasteiger partial charge in [0.05, 0.1) is 5.03 Å². The van der Waals surface area contributed by atoms with Crippen molar-refractivity contribution in [1.29, 1.82) is 0 Å². The smallest absolute Gasteiger partial charge is 0.132 e. The Kier molecular flexibility index (Phi) is 2.01.